The van der Waals surface area contributed by atoms with E-state index in [1.54, 1.807) is 6.33 Å². The molecule has 2 N–H and O–H groups in total. The number of aromatic nitrogens is 2. The second-order valence-corrected chi connectivity index (χ2v) is 5.31. The summed E-state index contributed by atoms with van der Waals surface area (Å²) in [6, 6.07) is -0.0247. The minimum atomic E-state index is -0.0247. The van der Waals surface area contributed by atoms with Crippen LogP contribution < -0.4 is 10.2 Å². The Labute approximate surface area is 126 Å². The van der Waals surface area contributed by atoms with Crippen LogP contribution in [-0.2, 0) is 11.2 Å². The highest BCUT2D eigenvalue weighted by molar-refractivity contribution is 5.59. The lowest BCUT2D eigenvalue weighted by Crippen LogP contribution is -2.48. The van der Waals surface area contributed by atoms with Crippen LogP contribution in [0.2, 0.25) is 0 Å². The lowest BCUT2D eigenvalue weighted by atomic mass is 10.1. The van der Waals surface area contributed by atoms with Crippen molar-refractivity contribution in [1.82, 2.24) is 9.97 Å². The lowest BCUT2D eigenvalue weighted by Gasteiger charge is -2.36. The Morgan fingerprint density at radius 1 is 1.38 bits per heavy atom. The Kier molecular flexibility index (Phi) is 6.20. The van der Waals surface area contributed by atoms with Crippen molar-refractivity contribution in [3.05, 3.63) is 11.9 Å². The summed E-state index contributed by atoms with van der Waals surface area (Å²) in [5.41, 5.74) is 1.15. The number of nitrogens with zero attached hydrogens (tertiary/aromatic N) is 3. The summed E-state index contributed by atoms with van der Waals surface area (Å²) in [7, 11) is 0. The van der Waals surface area contributed by atoms with Crippen molar-refractivity contribution in [1.29, 1.82) is 0 Å². The van der Waals surface area contributed by atoms with Crippen molar-refractivity contribution in [2.45, 2.75) is 39.2 Å². The third-order valence-corrected chi connectivity index (χ3v) is 3.68. The van der Waals surface area contributed by atoms with Crippen LogP contribution in [-0.4, -0.2) is 54.0 Å². The summed E-state index contributed by atoms with van der Waals surface area (Å²) >= 11 is 0. The van der Waals surface area contributed by atoms with E-state index in [0.29, 0.717) is 13.2 Å². The van der Waals surface area contributed by atoms with Crippen molar-refractivity contribution in [2.75, 3.05) is 43.1 Å². The molecule has 1 unspecified atom stereocenters. The Morgan fingerprint density at radius 2 is 2.24 bits per heavy atom. The van der Waals surface area contributed by atoms with Gasteiger partial charge in [-0.05, 0) is 12.8 Å². The maximum absolute atomic E-state index is 9.57. The van der Waals surface area contributed by atoms with Crippen LogP contribution in [0.15, 0.2) is 6.33 Å². The minimum absolute atomic E-state index is 0.0247. The molecule has 0 aromatic carbocycles. The molecular formula is C15H26N4O2. The van der Waals surface area contributed by atoms with Crippen molar-refractivity contribution in [3.63, 3.8) is 0 Å². The van der Waals surface area contributed by atoms with Gasteiger partial charge in [-0.25, -0.2) is 9.97 Å². The van der Waals surface area contributed by atoms with E-state index in [1.165, 1.54) is 0 Å². The Balaban J connectivity index is 2.31. The summed E-state index contributed by atoms with van der Waals surface area (Å²) < 4.78 is 5.46. The first-order valence-corrected chi connectivity index (χ1v) is 7.84. The van der Waals surface area contributed by atoms with Gasteiger partial charge in [0.15, 0.2) is 0 Å². The lowest BCUT2D eigenvalue weighted by molar-refractivity contribution is 0.0722. The van der Waals surface area contributed by atoms with E-state index in [9.17, 15) is 5.11 Å². The molecule has 2 rings (SSSR count). The number of ether oxygens (including phenoxy) is 1. The molecule has 6 nitrogen and oxygen atoms in total. The molecule has 2 heterocycles. The van der Waals surface area contributed by atoms with E-state index in [0.717, 1.165) is 49.6 Å². The number of anilines is 2. The minimum Gasteiger partial charge on any atom is -0.394 e. The summed E-state index contributed by atoms with van der Waals surface area (Å²) in [6.45, 7) is 7.24. The monoisotopic (exact) mass is 294 g/mol. The number of hydrogen-bond donors (Lipinski definition) is 2. The molecule has 0 saturated carbocycles. The SMILES string of the molecule is CCCNc1ncnc(N2CCOCC2CO)c1CCC. The Hall–Kier alpha value is -1.40. The molecule has 21 heavy (non-hydrogen) atoms. The number of rotatable bonds is 7. The standard InChI is InChI=1S/C15H26N4O2/c1-3-5-13-14(16-6-4-2)17-11-18-15(13)19-7-8-21-10-12(19)9-20/h11-12,20H,3-10H2,1-2H3,(H,16,17,18). The number of morpholine rings is 1. The number of nitrogens with one attached hydrogen (secondary N) is 1. The van der Waals surface area contributed by atoms with Crippen molar-refractivity contribution >= 4 is 11.6 Å². The van der Waals surface area contributed by atoms with E-state index >= 15 is 0 Å². The summed E-state index contributed by atoms with van der Waals surface area (Å²) in [5, 5.41) is 13.0. The summed E-state index contributed by atoms with van der Waals surface area (Å²) in [6.07, 6.45) is 4.63. The number of aliphatic hydroxyl groups excluding tert-OH is 1. The molecule has 6 heteroatoms. The van der Waals surface area contributed by atoms with E-state index in [-0.39, 0.29) is 12.6 Å². The fourth-order valence-electron chi connectivity index (χ4n) is 2.61. The van der Waals surface area contributed by atoms with Crippen molar-refractivity contribution in [3.8, 4) is 0 Å². The predicted molar refractivity (Wildman–Crippen MR) is 83.8 cm³/mol. The van der Waals surface area contributed by atoms with Crippen LogP contribution in [0.25, 0.3) is 0 Å². The second-order valence-electron chi connectivity index (χ2n) is 5.31. The summed E-state index contributed by atoms with van der Waals surface area (Å²) in [4.78, 5) is 11.1. The highest BCUT2D eigenvalue weighted by Gasteiger charge is 2.26. The summed E-state index contributed by atoms with van der Waals surface area (Å²) in [5.74, 6) is 1.86. The predicted octanol–water partition coefficient (Wildman–Crippen LogP) is 1.45. The van der Waals surface area contributed by atoms with Gasteiger partial charge in [0.05, 0.1) is 25.9 Å². The van der Waals surface area contributed by atoms with Gasteiger partial charge in [0.1, 0.15) is 18.0 Å². The van der Waals surface area contributed by atoms with Crippen LogP contribution in [0, 0.1) is 0 Å². The number of hydrogen-bond acceptors (Lipinski definition) is 6. The fraction of sp³-hybridized carbons (Fsp3) is 0.733. The van der Waals surface area contributed by atoms with Crippen LogP contribution >= 0.6 is 0 Å². The van der Waals surface area contributed by atoms with Gasteiger partial charge in [0, 0.05) is 18.7 Å². The first-order chi connectivity index (χ1) is 10.3. The zero-order valence-corrected chi connectivity index (χ0v) is 13.0. The third-order valence-electron chi connectivity index (χ3n) is 3.68. The molecule has 1 atom stereocenters. The highest BCUT2D eigenvalue weighted by atomic mass is 16.5. The second kappa shape index (κ2) is 8.14. The van der Waals surface area contributed by atoms with Gasteiger partial charge >= 0.3 is 0 Å². The highest BCUT2D eigenvalue weighted by Crippen LogP contribution is 2.27. The van der Waals surface area contributed by atoms with Crippen LogP contribution in [0.1, 0.15) is 32.3 Å². The molecule has 1 aliphatic rings. The van der Waals surface area contributed by atoms with Gasteiger partial charge in [0.25, 0.3) is 0 Å². The van der Waals surface area contributed by atoms with Crippen LogP contribution in [0.4, 0.5) is 11.6 Å². The third kappa shape index (κ3) is 3.83. The smallest absolute Gasteiger partial charge is 0.137 e. The van der Waals surface area contributed by atoms with Crippen molar-refractivity contribution < 1.29 is 9.84 Å². The number of aliphatic hydroxyl groups is 1. The van der Waals surface area contributed by atoms with E-state index < -0.39 is 0 Å². The molecule has 0 radical (unpaired) electrons. The molecular weight excluding hydrogens is 268 g/mol. The zero-order chi connectivity index (χ0) is 15.1. The quantitative estimate of drug-likeness (QED) is 0.793. The molecule has 1 aliphatic heterocycles. The first-order valence-electron chi connectivity index (χ1n) is 7.84. The molecule has 0 bridgehead atoms. The normalized spacial score (nSPS) is 18.8. The molecule has 118 valence electrons. The molecule has 0 amide bonds. The maximum atomic E-state index is 9.57. The van der Waals surface area contributed by atoms with E-state index in [2.05, 4.69) is 34.0 Å². The maximum Gasteiger partial charge on any atom is 0.137 e. The van der Waals surface area contributed by atoms with E-state index in [1.807, 2.05) is 0 Å². The molecule has 0 aliphatic carbocycles. The Bertz CT molecular complexity index is 442. The van der Waals surface area contributed by atoms with Gasteiger partial charge in [0.2, 0.25) is 0 Å². The topological polar surface area (TPSA) is 70.5 Å². The van der Waals surface area contributed by atoms with Crippen LogP contribution in [0.5, 0.6) is 0 Å². The van der Waals surface area contributed by atoms with Gasteiger partial charge in [-0.2, -0.15) is 0 Å². The molecule has 1 fully saturated rings. The average molecular weight is 294 g/mol. The van der Waals surface area contributed by atoms with E-state index in [4.69, 9.17) is 4.74 Å². The van der Waals surface area contributed by atoms with Gasteiger partial charge in [-0.3, -0.25) is 0 Å². The van der Waals surface area contributed by atoms with Gasteiger partial charge in [-0.1, -0.05) is 20.3 Å². The molecule has 1 aromatic heterocycles. The molecule has 1 aromatic rings. The average Bonchev–Trinajstić information content (AvgIpc) is 2.54. The first kappa shape index (κ1) is 16.0. The molecule has 1 saturated heterocycles. The molecule has 0 spiro atoms. The fourth-order valence-corrected chi connectivity index (χ4v) is 2.61. The van der Waals surface area contributed by atoms with Crippen molar-refractivity contribution in [2.24, 2.45) is 0 Å². The zero-order valence-electron chi connectivity index (χ0n) is 13.0. The van der Waals surface area contributed by atoms with Gasteiger partial charge in [-0.15, -0.1) is 0 Å². The largest absolute Gasteiger partial charge is 0.394 e. The van der Waals surface area contributed by atoms with Crippen LogP contribution in [0.3, 0.4) is 0 Å². The van der Waals surface area contributed by atoms with Gasteiger partial charge < -0.3 is 20.1 Å². The Morgan fingerprint density at radius 3 is 2.95 bits per heavy atom.